The minimum Gasteiger partial charge on any atom is -0.485 e. The highest BCUT2D eigenvalue weighted by atomic mass is 32.2. The second kappa shape index (κ2) is 13.7. The molecule has 4 aliphatic rings. The van der Waals surface area contributed by atoms with E-state index in [-0.39, 0.29) is 5.91 Å². The van der Waals surface area contributed by atoms with Crippen molar-refractivity contribution >= 4 is 40.7 Å². The molecule has 2 aromatic carbocycles. The number of carbonyl (C=O) groups is 2. The fraction of sp³-hybridized carbons (Fsp3) is 0.412. The Morgan fingerprint density at radius 3 is 2.28 bits per heavy atom. The van der Waals surface area contributed by atoms with Crippen LogP contribution in [-0.2, 0) is 4.79 Å². The molecule has 4 heterocycles. The molecule has 0 unspecified atom stereocenters. The summed E-state index contributed by atoms with van der Waals surface area (Å²) in [4.78, 5) is 29.1. The van der Waals surface area contributed by atoms with Crippen molar-refractivity contribution in [2.24, 2.45) is 0 Å². The first-order valence-corrected chi connectivity index (χ1v) is 16.1. The number of carbonyl (C=O) groups excluding carboxylic acids is 2. The fourth-order valence-electron chi connectivity index (χ4n) is 5.72. The third-order valence-electron chi connectivity index (χ3n) is 8.46. The molecule has 0 radical (unpaired) electrons. The molecule has 228 valence electrons. The summed E-state index contributed by atoms with van der Waals surface area (Å²) in [5, 5.41) is 2.93. The number of rotatable bonds is 6. The normalized spacial score (nSPS) is 16.8. The molecule has 1 N–H and O–H groups in total. The van der Waals surface area contributed by atoms with Crippen molar-refractivity contribution in [3.63, 3.8) is 0 Å². The summed E-state index contributed by atoms with van der Waals surface area (Å²) in [7, 11) is 5.92. The molecule has 1 amide bonds. The molecule has 3 aliphatic heterocycles. The van der Waals surface area contributed by atoms with E-state index in [1.807, 2.05) is 56.9 Å². The zero-order valence-electron chi connectivity index (χ0n) is 25.8. The number of hydrogen-bond donors (Lipinski definition) is 1. The maximum absolute atomic E-state index is 13.3. The predicted octanol–water partition coefficient (Wildman–Crippen LogP) is 5.97. The summed E-state index contributed by atoms with van der Waals surface area (Å²) < 4.78 is 8.60. The van der Waals surface area contributed by atoms with Gasteiger partial charge in [0.2, 0.25) is 0 Å². The summed E-state index contributed by atoms with van der Waals surface area (Å²) in [6.45, 7) is 8.02. The molecule has 8 nitrogen and oxygen atoms in total. The summed E-state index contributed by atoms with van der Waals surface area (Å²) in [6.07, 6.45) is 7.24. The Morgan fingerprint density at radius 2 is 1.67 bits per heavy atom. The molecule has 9 heteroatoms. The Hall–Kier alpha value is -3.69. The fourth-order valence-corrected chi connectivity index (χ4v) is 6.90. The summed E-state index contributed by atoms with van der Waals surface area (Å²) in [6, 6.07) is 16.4. The molecule has 2 fully saturated rings. The van der Waals surface area contributed by atoms with Crippen molar-refractivity contribution in [2.75, 3.05) is 63.1 Å². The van der Waals surface area contributed by atoms with Gasteiger partial charge in [-0.05, 0) is 93.7 Å². The lowest BCUT2D eigenvalue weighted by Crippen LogP contribution is -2.26. The molecular formula is C34H43N5O3S. The lowest BCUT2D eigenvalue weighted by Gasteiger charge is -2.22. The van der Waals surface area contributed by atoms with Crippen LogP contribution < -0.4 is 19.9 Å². The average molecular weight is 602 g/mol. The highest BCUT2D eigenvalue weighted by Gasteiger charge is 2.37. The quantitative estimate of drug-likeness (QED) is 0.373. The van der Waals surface area contributed by atoms with Crippen molar-refractivity contribution in [1.29, 1.82) is 0 Å². The zero-order chi connectivity index (χ0) is 30.5. The van der Waals surface area contributed by atoms with E-state index in [0.717, 1.165) is 42.6 Å². The van der Waals surface area contributed by atoms with Crippen LogP contribution >= 0.6 is 11.8 Å². The monoisotopic (exact) mass is 601 g/mol. The molecule has 7 rings (SSSR count). The smallest absolute Gasteiger partial charge is 0.258 e. The van der Waals surface area contributed by atoms with Crippen molar-refractivity contribution < 1.29 is 14.3 Å². The van der Waals surface area contributed by atoms with E-state index in [0.29, 0.717) is 18.1 Å². The van der Waals surface area contributed by atoms with Crippen LogP contribution in [0.15, 0.2) is 60.4 Å². The van der Waals surface area contributed by atoms with Gasteiger partial charge in [-0.25, -0.2) is 0 Å². The van der Waals surface area contributed by atoms with E-state index in [1.165, 1.54) is 53.2 Å². The molecule has 0 bridgehead atoms. The molecule has 3 aromatic rings. The summed E-state index contributed by atoms with van der Waals surface area (Å²) >= 11 is 1.89. The topological polar surface area (TPSA) is 70.0 Å². The van der Waals surface area contributed by atoms with E-state index in [9.17, 15) is 4.79 Å². The van der Waals surface area contributed by atoms with E-state index < -0.39 is 0 Å². The Kier molecular flexibility index (Phi) is 9.82. The number of likely N-dealkylation sites (N-methyl/N-ethyl adjacent to an activating group) is 1. The van der Waals surface area contributed by atoms with Gasteiger partial charge in [-0.15, -0.1) is 11.8 Å². The maximum atomic E-state index is 13.3. The van der Waals surface area contributed by atoms with Gasteiger partial charge in [0.15, 0.2) is 0 Å². The highest BCUT2D eigenvalue weighted by molar-refractivity contribution is 8.08. The number of benzene rings is 2. The second-order valence-electron chi connectivity index (χ2n) is 11.3. The van der Waals surface area contributed by atoms with Gasteiger partial charge >= 0.3 is 0 Å². The third-order valence-corrected chi connectivity index (χ3v) is 9.69. The first kappa shape index (κ1) is 30.8. The van der Waals surface area contributed by atoms with Gasteiger partial charge in [-0.2, -0.15) is 0 Å². The highest BCUT2D eigenvalue weighted by Crippen LogP contribution is 2.53. The molecule has 1 aromatic heterocycles. The van der Waals surface area contributed by atoms with Crippen LogP contribution in [0, 0.1) is 0 Å². The largest absolute Gasteiger partial charge is 0.485 e. The van der Waals surface area contributed by atoms with Gasteiger partial charge in [-0.3, -0.25) is 4.79 Å². The van der Waals surface area contributed by atoms with Crippen molar-refractivity contribution in [3.05, 3.63) is 77.2 Å². The molecule has 1 aliphatic carbocycles. The van der Waals surface area contributed by atoms with Gasteiger partial charge in [0.25, 0.3) is 5.91 Å². The van der Waals surface area contributed by atoms with E-state index in [4.69, 9.17) is 9.53 Å². The standard InChI is InChI=1S/C30H32N4O2S.C3H9N.CH2O/c1-31-19-37-29-26(31)18-36-28-25(20-5-6-20)17-34(27(28)29)24-9-7-21(8-10-24)30(35)32(2)22-11-13-23(14-12-22)33-15-3-4-16-33;1-3-4-2;1-2/h7-14,17,20H,3-6,15-16,18-19H2,1-2H3;4H,3H2,1-2H3;1H2. The lowest BCUT2D eigenvalue weighted by atomic mass is 10.1. The molecule has 1 saturated heterocycles. The van der Waals surface area contributed by atoms with Gasteiger partial charge in [-0.1, -0.05) is 6.92 Å². The Bertz CT molecular complexity index is 1440. The van der Waals surface area contributed by atoms with Gasteiger partial charge < -0.3 is 34.1 Å². The number of hydrogen-bond acceptors (Lipinski definition) is 7. The maximum Gasteiger partial charge on any atom is 0.258 e. The minimum atomic E-state index is -0.00465. The van der Waals surface area contributed by atoms with E-state index in [1.54, 1.807) is 4.90 Å². The SMILES string of the molecule is C=O.CCNC.CN1CSC2=C1COc1c(C3CC3)cn(-c3ccc(C(=O)N(C)c4ccc(N5CCCC5)cc4)cc3)c12. The van der Waals surface area contributed by atoms with Crippen molar-refractivity contribution in [2.45, 2.75) is 38.5 Å². The Labute approximate surface area is 259 Å². The van der Waals surface area contributed by atoms with Crippen LogP contribution in [0.2, 0.25) is 0 Å². The first-order chi connectivity index (χ1) is 21.0. The average Bonchev–Trinajstić information content (AvgIpc) is 3.43. The molecule has 43 heavy (non-hydrogen) atoms. The van der Waals surface area contributed by atoms with Gasteiger partial charge in [0.1, 0.15) is 24.8 Å². The summed E-state index contributed by atoms with van der Waals surface area (Å²) in [5.74, 6) is 2.61. The molecule has 0 spiro atoms. The number of ether oxygens (including phenoxy) is 1. The molecular weight excluding hydrogens is 558 g/mol. The van der Waals surface area contributed by atoms with Gasteiger partial charge in [0, 0.05) is 61.6 Å². The van der Waals surface area contributed by atoms with Crippen LogP contribution in [0.3, 0.4) is 0 Å². The van der Waals surface area contributed by atoms with Crippen LogP contribution in [0.1, 0.15) is 60.1 Å². The predicted molar refractivity (Wildman–Crippen MR) is 178 cm³/mol. The zero-order valence-corrected chi connectivity index (χ0v) is 26.6. The molecule has 0 atom stereocenters. The number of nitrogens with zero attached hydrogens (tertiary/aromatic N) is 4. The van der Waals surface area contributed by atoms with Crippen LogP contribution in [0.5, 0.6) is 5.75 Å². The first-order valence-electron chi connectivity index (χ1n) is 15.1. The number of aromatic nitrogens is 1. The van der Waals surface area contributed by atoms with E-state index in [2.05, 4.69) is 64.1 Å². The molecule has 1 saturated carbocycles. The van der Waals surface area contributed by atoms with Crippen LogP contribution in [0.25, 0.3) is 10.6 Å². The number of anilines is 2. The number of fused-ring (bicyclic) bond motifs is 2. The van der Waals surface area contributed by atoms with Crippen molar-refractivity contribution in [1.82, 2.24) is 14.8 Å². The second-order valence-corrected chi connectivity index (χ2v) is 12.2. The summed E-state index contributed by atoms with van der Waals surface area (Å²) in [5.41, 5.74) is 7.66. The Morgan fingerprint density at radius 1 is 1.05 bits per heavy atom. The number of thioether (sulfide) groups is 1. The van der Waals surface area contributed by atoms with E-state index >= 15 is 0 Å². The Balaban J connectivity index is 0.000000569. The number of amides is 1. The lowest BCUT2D eigenvalue weighted by molar-refractivity contribution is -0.0980. The minimum absolute atomic E-state index is 0.00465. The van der Waals surface area contributed by atoms with Gasteiger partial charge in [0.05, 0.1) is 16.5 Å². The van der Waals surface area contributed by atoms with Crippen LogP contribution in [0.4, 0.5) is 11.4 Å². The number of nitrogens with one attached hydrogen (secondary N) is 1. The third kappa shape index (κ3) is 6.33. The van der Waals surface area contributed by atoms with Crippen molar-refractivity contribution in [3.8, 4) is 11.4 Å². The van der Waals surface area contributed by atoms with Crippen LogP contribution in [-0.4, -0.2) is 75.4 Å².